The number of rotatable bonds is 5. The smallest absolute Gasteiger partial charge is 0.250 e. The summed E-state index contributed by atoms with van der Waals surface area (Å²) < 4.78 is 14.8. The molecule has 7 heteroatoms. The molecule has 2 aromatic heterocycles. The summed E-state index contributed by atoms with van der Waals surface area (Å²) in [6, 6.07) is 8.53. The minimum Gasteiger partial charge on any atom is -0.369 e. The molecule has 0 spiro atoms. The van der Waals surface area contributed by atoms with Crippen LogP contribution in [0.5, 0.6) is 0 Å². The van der Waals surface area contributed by atoms with Crippen molar-refractivity contribution in [2.24, 2.45) is 0 Å². The molecule has 0 aliphatic carbocycles. The van der Waals surface area contributed by atoms with E-state index in [0.717, 1.165) is 49.7 Å². The van der Waals surface area contributed by atoms with Gasteiger partial charge in [0.2, 0.25) is 0 Å². The molecule has 0 saturated carbocycles. The van der Waals surface area contributed by atoms with E-state index in [0.29, 0.717) is 5.95 Å². The van der Waals surface area contributed by atoms with Crippen molar-refractivity contribution in [3.63, 3.8) is 0 Å². The molecule has 3 heterocycles. The second-order valence-corrected chi connectivity index (χ2v) is 6.81. The van der Waals surface area contributed by atoms with Crippen molar-refractivity contribution in [3.8, 4) is 5.95 Å². The van der Waals surface area contributed by atoms with E-state index in [4.69, 9.17) is 0 Å². The van der Waals surface area contributed by atoms with Crippen LogP contribution in [0.3, 0.4) is 0 Å². The van der Waals surface area contributed by atoms with E-state index in [-0.39, 0.29) is 5.82 Å². The topological polar surface area (TPSA) is 50.1 Å². The Hall–Kier alpha value is -3.06. The van der Waals surface area contributed by atoms with Crippen LogP contribution in [0, 0.1) is 12.7 Å². The van der Waals surface area contributed by atoms with E-state index in [1.807, 2.05) is 25.3 Å². The summed E-state index contributed by atoms with van der Waals surface area (Å²) in [6.07, 6.45) is 9.55. The van der Waals surface area contributed by atoms with Crippen LogP contribution in [0.1, 0.15) is 11.3 Å². The molecule has 1 saturated heterocycles. The first-order valence-corrected chi connectivity index (χ1v) is 9.42. The zero-order valence-electron chi connectivity index (χ0n) is 15.9. The van der Waals surface area contributed by atoms with E-state index in [9.17, 15) is 4.39 Å². The number of nitrogens with zero attached hydrogens (tertiary/aromatic N) is 6. The third kappa shape index (κ3) is 4.09. The monoisotopic (exact) mass is 378 g/mol. The molecule has 6 nitrogen and oxygen atoms in total. The molecule has 4 rings (SSSR count). The van der Waals surface area contributed by atoms with Crippen molar-refractivity contribution in [2.45, 2.75) is 6.92 Å². The molecular weight excluding hydrogens is 355 g/mol. The number of anilines is 1. The lowest BCUT2D eigenvalue weighted by atomic mass is 10.2. The van der Waals surface area contributed by atoms with Crippen molar-refractivity contribution in [2.75, 3.05) is 37.6 Å². The Morgan fingerprint density at radius 2 is 1.75 bits per heavy atom. The quantitative estimate of drug-likeness (QED) is 0.683. The van der Waals surface area contributed by atoms with Crippen LogP contribution in [0.4, 0.5) is 10.1 Å². The van der Waals surface area contributed by atoms with Gasteiger partial charge < -0.3 is 4.90 Å². The highest BCUT2D eigenvalue weighted by atomic mass is 19.1. The van der Waals surface area contributed by atoms with Gasteiger partial charge in [-0.05, 0) is 37.3 Å². The highest BCUT2D eigenvalue weighted by molar-refractivity contribution is 5.52. The number of hydrogen-bond donors (Lipinski definition) is 0. The normalized spacial score (nSPS) is 15.4. The lowest BCUT2D eigenvalue weighted by Crippen LogP contribution is -2.46. The van der Waals surface area contributed by atoms with Crippen molar-refractivity contribution >= 4 is 11.8 Å². The average Bonchev–Trinajstić information content (AvgIpc) is 3.10. The fraction of sp³-hybridized carbons (Fsp3) is 0.286. The van der Waals surface area contributed by atoms with Gasteiger partial charge in [0.25, 0.3) is 5.95 Å². The first kappa shape index (κ1) is 18.3. The number of hydrogen-bond acceptors (Lipinski definition) is 5. The molecule has 0 amide bonds. The Balaban J connectivity index is 1.31. The first-order chi connectivity index (χ1) is 13.7. The van der Waals surface area contributed by atoms with Crippen molar-refractivity contribution in [1.82, 2.24) is 24.6 Å². The third-order valence-electron chi connectivity index (χ3n) is 5.01. The molecule has 28 heavy (non-hydrogen) atoms. The zero-order valence-corrected chi connectivity index (χ0v) is 15.9. The van der Waals surface area contributed by atoms with Gasteiger partial charge in [0.05, 0.1) is 11.9 Å². The van der Waals surface area contributed by atoms with E-state index in [2.05, 4.69) is 37.0 Å². The Morgan fingerprint density at radius 1 is 1.04 bits per heavy atom. The summed E-state index contributed by atoms with van der Waals surface area (Å²) in [5.74, 6) is 0.390. The maximum absolute atomic E-state index is 13.1. The third-order valence-corrected chi connectivity index (χ3v) is 5.01. The summed E-state index contributed by atoms with van der Waals surface area (Å²) in [4.78, 5) is 13.2. The van der Waals surface area contributed by atoms with Gasteiger partial charge in [-0.2, -0.15) is 5.10 Å². The molecule has 3 aromatic rings. The molecule has 0 atom stereocenters. The predicted molar refractivity (Wildman–Crippen MR) is 108 cm³/mol. The fourth-order valence-electron chi connectivity index (χ4n) is 3.36. The minimum absolute atomic E-state index is 0.190. The summed E-state index contributed by atoms with van der Waals surface area (Å²) in [6.45, 7) is 6.77. The fourth-order valence-corrected chi connectivity index (χ4v) is 3.36. The second-order valence-electron chi connectivity index (χ2n) is 6.81. The number of halogens is 1. The number of benzene rings is 1. The van der Waals surface area contributed by atoms with Crippen molar-refractivity contribution < 1.29 is 4.39 Å². The molecule has 0 unspecified atom stereocenters. The minimum atomic E-state index is -0.190. The van der Waals surface area contributed by atoms with E-state index >= 15 is 0 Å². The van der Waals surface area contributed by atoms with Gasteiger partial charge in [0.1, 0.15) is 5.82 Å². The Kier molecular flexibility index (Phi) is 5.43. The Labute approximate surface area is 164 Å². The van der Waals surface area contributed by atoms with Crippen LogP contribution in [0.25, 0.3) is 12.0 Å². The first-order valence-electron chi connectivity index (χ1n) is 9.42. The summed E-state index contributed by atoms with van der Waals surface area (Å²) in [5, 5.41) is 4.39. The maximum atomic E-state index is 13.1. The summed E-state index contributed by atoms with van der Waals surface area (Å²) in [7, 11) is 0. The molecule has 1 aliphatic rings. The van der Waals surface area contributed by atoms with Crippen LogP contribution < -0.4 is 4.90 Å². The molecule has 1 aromatic carbocycles. The van der Waals surface area contributed by atoms with Crippen LogP contribution in [0.2, 0.25) is 0 Å². The van der Waals surface area contributed by atoms with Crippen LogP contribution in [-0.2, 0) is 0 Å². The average molecular weight is 378 g/mol. The maximum Gasteiger partial charge on any atom is 0.250 e. The molecule has 1 aliphatic heterocycles. The van der Waals surface area contributed by atoms with E-state index in [1.54, 1.807) is 23.1 Å². The molecule has 144 valence electrons. The number of aromatic nitrogens is 4. The largest absolute Gasteiger partial charge is 0.369 e. The highest BCUT2D eigenvalue weighted by Gasteiger charge is 2.16. The van der Waals surface area contributed by atoms with Crippen LogP contribution >= 0.6 is 0 Å². The van der Waals surface area contributed by atoms with Crippen molar-refractivity contribution in [1.29, 1.82) is 0 Å². The molecule has 0 radical (unpaired) electrons. The highest BCUT2D eigenvalue weighted by Crippen LogP contribution is 2.17. The lowest BCUT2D eigenvalue weighted by Gasteiger charge is -2.35. The van der Waals surface area contributed by atoms with E-state index in [1.165, 1.54) is 12.1 Å². The van der Waals surface area contributed by atoms with Crippen LogP contribution in [-0.4, -0.2) is 57.4 Å². The summed E-state index contributed by atoms with van der Waals surface area (Å²) in [5.41, 5.74) is 3.17. The van der Waals surface area contributed by atoms with Gasteiger partial charge in [0.15, 0.2) is 0 Å². The van der Waals surface area contributed by atoms with E-state index < -0.39 is 0 Å². The van der Waals surface area contributed by atoms with Gasteiger partial charge in [-0.15, -0.1) is 0 Å². The number of piperazine rings is 1. The summed E-state index contributed by atoms with van der Waals surface area (Å²) >= 11 is 0. The van der Waals surface area contributed by atoms with Crippen molar-refractivity contribution in [3.05, 3.63) is 72.1 Å². The SMILES string of the molecule is Cc1c(C=CCN2CCN(c3ccc(F)cc3)CC2)cnn1-c1ncccn1. The Morgan fingerprint density at radius 3 is 2.46 bits per heavy atom. The van der Waals surface area contributed by atoms with Gasteiger partial charge >= 0.3 is 0 Å². The van der Waals surface area contributed by atoms with Gasteiger partial charge in [-0.1, -0.05) is 12.2 Å². The second kappa shape index (κ2) is 8.31. The molecule has 1 fully saturated rings. The standard InChI is InChI=1S/C21H23FN6/c1-17-18(16-25-28(17)21-23-9-3-10-24-21)4-2-11-26-12-14-27(15-13-26)20-7-5-19(22)6-8-20/h2-10,16H,11-15H2,1H3. The Bertz CT molecular complexity index is 927. The molecule has 0 N–H and O–H groups in total. The van der Waals surface area contributed by atoms with Gasteiger partial charge in [-0.3, -0.25) is 4.90 Å². The predicted octanol–water partition coefficient (Wildman–Crippen LogP) is 2.95. The molecule has 0 bridgehead atoms. The van der Waals surface area contributed by atoms with Crippen LogP contribution in [0.15, 0.2) is 55.0 Å². The van der Waals surface area contributed by atoms with Gasteiger partial charge in [0, 0.05) is 56.4 Å². The lowest BCUT2D eigenvalue weighted by molar-refractivity contribution is 0.284. The van der Waals surface area contributed by atoms with Gasteiger partial charge in [-0.25, -0.2) is 19.0 Å². The zero-order chi connectivity index (χ0) is 19.3. The molecular formula is C21H23FN6.